The van der Waals surface area contributed by atoms with Gasteiger partial charge in [-0.3, -0.25) is 4.99 Å². The summed E-state index contributed by atoms with van der Waals surface area (Å²) in [6.45, 7) is 45.4. The van der Waals surface area contributed by atoms with Crippen molar-refractivity contribution in [2.75, 3.05) is 13.6 Å². The number of allylic oxidation sites excluding steroid dienone is 37. The number of nitrogens with zero attached hydrogens (tertiary/aromatic N) is 1. The summed E-state index contributed by atoms with van der Waals surface area (Å²) >= 11 is 0. The van der Waals surface area contributed by atoms with E-state index in [0.29, 0.717) is 0 Å². The van der Waals surface area contributed by atoms with Crippen molar-refractivity contribution in [3.05, 3.63) is 379 Å². The van der Waals surface area contributed by atoms with Gasteiger partial charge in [-0.2, -0.15) is 0 Å². The van der Waals surface area contributed by atoms with Crippen LogP contribution >= 0.6 is 0 Å². The summed E-state index contributed by atoms with van der Waals surface area (Å²) in [4.78, 5) is 4.00. The van der Waals surface area contributed by atoms with E-state index in [9.17, 15) is 0 Å². The lowest BCUT2D eigenvalue weighted by atomic mass is 9.85. The van der Waals surface area contributed by atoms with Crippen molar-refractivity contribution >= 4 is 57.8 Å². The van der Waals surface area contributed by atoms with Gasteiger partial charge in [0, 0.05) is 5.56 Å². The first-order valence-electron chi connectivity index (χ1n) is 32.3. The van der Waals surface area contributed by atoms with Crippen LogP contribution in [0.3, 0.4) is 0 Å². The van der Waals surface area contributed by atoms with Crippen molar-refractivity contribution in [1.29, 1.82) is 0 Å². The van der Waals surface area contributed by atoms with Crippen LogP contribution in [0.25, 0.3) is 67.6 Å². The second-order valence-electron chi connectivity index (χ2n) is 21.0. The Morgan fingerprint density at radius 2 is 1.15 bits per heavy atom. The predicted octanol–water partition coefficient (Wildman–Crippen LogP) is 24.8. The van der Waals surface area contributed by atoms with Crippen LogP contribution in [0.2, 0.25) is 0 Å². The van der Waals surface area contributed by atoms with Crippen molar-refractivity contribution in [3.63, 3.8) is 0 Å². The number of nitrogens with one attached hydrogen (secondary N) is 1. The summed E-state index contributed by atoms with van der Waals surface area (Å²) in [5, 5.41) is 10.0. The Morgan fingerprint density at radius 3 is 1.72 bits per heavy atom. The molecule has 2 heteroatoms. The highest BCUT2D eigenvalue weighted by Gasteiger charge is 2.17. The summed E-state index contributed by atoms with van der Waals surface area (Å²) in [7, 11) is 1.93. The van der Waals surface area contributed by atoms with Crippen molar-refractivity contribution in [3.8, 4) is 22.3 Å². The van der Waals surface area contributed by atoms with E-state index < -0.39 is 0 Å². The molecule has 0 fully saturated rings. The number of aliphatic imine (C=N–C) groups is 1. The lowest BCUT2D eigenvalue weighted by Crippen LogP contribution is -2.22. The van der Waals surface area contributed by atoms with Crippen LogP contribution in [-0.4, -0.2) is 20.3 Å². The monoisotopic (exact) mass is 1220 g/mol. The fourth-order valence-electron chi connectivity index (χ4n) is 9.83. The lowest BCUT2D eigenvalue weighted by molar-refractivity contribution is 0.864. The van der Waals surface area contributed by atoms with Crippen molar-refractivity contribution in [1.82, 2.24) is 5.32 Å². The minimum absolute atomic E-state index is 0.859. The SMILES string of the molecule is C=C.C=C/C=C(/C=C\C(=C\C=C/C=C/C=c1/cc(-c2ccc(-c3c4ccccc4c(C(/C=C\C)=C/C)c4ccccc34)cc2)ccc1=C)C1=C/C(=C/C=C\C)CC=C1)C(=C/C)\C=C\C.C=C/C=C\C=C(/C)C(=C)c1ccccc1N=C.CC/C=C\C=C/CC.CCNC. The van der Waals surface area contributed by atoms with E-state index in [4.69, 9.17) is 0 Å². The second kappa shape index (κ2) is 45.9. The molecule has 0 saturated heterocycles. The molecule has 0 saturated carbocycles. The van der Waals surface area contributed by atoms with Crippen LogP contribution < -0.4 is 15.8 Å². The molecule has 0 amide bonds. The van der Waals surface area contributed by atoms with Gasteiger partial charge in [0.15, 0.2) is 0 Å². The van der Waals surface area contributed by atoms with E-state index in [1.807, 2.05) is 76.4 Å². The van der Waals surface area contributed by atoms with Gasteiger partial charge in [0.05, 0.1) is 5.69 Å². The summed E-state index contributed by atoms with van der Waals surface area (Å²) < 4.78 is 0. The Kier molecular flexibility index (Phi) is 38.0. The van der Waals surface area contributed by atoms with Gasteiger partial charge in [-0.15, -0.1) is 13.2 Å². The number of fused-ring (bicyclic) bond motifs is 2. The zero-order valence-corrected chi connectivity index (χ0v) is 57.5. The fourth-order valence-corrected chi connectivity index (χ4v) is 9.83. The van der Waals surface area contributed by atoms with Gasteiger partial charge < -0.3 is 5.32 Å². The highest BCUT2D eigenvalue weighted by atomic mass is 14.8. The minimum Gasteiger partial charge on any atom is -0.320 e. The standard InChI is InChI=1S/C62H58.C16H17N.C8H14.C3H9N.C2H4/c1-8-14-27-47-28-23-31-55(44-47)51(39-38-50(26-11-4)48(12-5)24-9-2)29-17-15-16-18-30-54-45-56(37-36-46(54)7)52-40-42-53(43-41-52)62-59-34-21-19-32-57(59)61(49(13-6)25-10-3)58-33-20-22-35-60(58)62;1-5-6-7-10-13(2)14(3)15-11-8-9-12-16(15)17-4;1-3-5-7-8-6-4-2;1-3-4-2;1-2/h8-27,29-45H,4,7,28H2,1-3,5-6H3;5-12H,1,3-4H2,2H3;5-8H,3-4H2,1-2H3;4H,3H2,1-2H3;1-2H2/b14-8-,17-15-,18-16+,24-9+,25-10-,39-38-,47-27+,48-12-,49-13+,50-26-,51-29-,54-30-;7-6-,13-10+;7-5-,8-6-;;. The Labute approximate surface area is 561 Å². The molecule has 0 radical (unpaired) electrons. The zero-order chi connectivity index (χ0) is 68.0. The molecule has 1 aliphatic rings. The third kappa shape index (κ3) is 25.2. The zero-order valence-electron chi connectivity index (χ0n) is 57.5. The van der Waals surface area contributed by atoms with E-state index >= 15 is 0 Å². The normalized spacial score (nSPS) is 14.0. The van der Waals surface area contributed by atoms with Crippen LogP contribution in [0, 0.1) is 0 Å². The number of rotatable bonds is 23. The Hall–Kier alpha value is -10.3. The first kappa shape index (κ1) is 77.0. The Balaban J connectivity index is 0.000000597. The van der Waals surface area contributed by atoms with Crippen molar-refractivity contribution in [2.45, 2.75) is 81.6 Å². The fraction of sp³-hybridized carbons (Fsp3) is 0.154. The maximum Gasteiger partial charge on any atom is 0.0700 e. The van der Waals surface area contributed by atoms with Crippen LogP contribution in [-0.2, 0) is 0 Å². The average molecular weight is 1220 g/mol. The molecule has 476 valence electrons. The molecule has 0 aromatic heterocycles. The molecule has 0 unspecified atom stereocenters. The first-order valence-corrected chi connectivity index (χ1v) is 32.3. The molecule has 0 bridgehead atoms. The molecule has 0 spiro atoms. The van der Waals surface area contributed by atoms with E-state index in [1.165, 1.54) is 60.5 Å². The topological polar surface area (TPSA) is 24.4 Å². The number of hydrogen-bond acceptors (Lipinski definition) is 2. The third-order valence-corrected chi connectivity index (χ3v) is 14.7. The molecule has 0 heterocycles. The summed E-state index contributed by atoms with van der Waals surface area (Å²) in [6, 6.07) is 41.0. The van der Waals surface area contributed by atoms with Crippen LogP contribution in [0.5, 0.6) is 0 Å². The molecule has 2 nitrogen and oxygen atoms in total. The molecule has 7 rings (SSSR count). The summed E-state index contributed by atoms with van der Waals surface area (Å²) in [6.07, 6.45) is 66.1. The highest BCUT2D eigenvalue weighted by molar-refractivity contribution is 6.19. The van der Waals surface area contributed by atoms with E-state index in [0.717, 1.165) is 80.9 Å². The Bertz CT molecular complexity index is 4010. The quantitative estimate of drug-likeness (QED) is 0.0294. The molecule has 6 aromatic rings. The molecular formula is C91H102N2. The molecule has 0 atom stereocenters. The third-order valence-electron chi connectivity index (χ3n) is 14.7. The van der Waals surface area contributed by atoms with Gasteiger partial charge in [-0.25, -0.2) is 0 Å². The largest absolute Gasteiger partial charge is 0.320 e. The van der Waals surface area contributed by atoms with E-state index in [2.05, 4.69) is 341 Å². The summed E-state index contributed by atoms with van der Waals surface area (Å²) in [5.74, 6) is 0. The van der Waals surface area contributed by atoms with Gasteiger partial charge in [-0.1, -0.05) is 332 Å². The van der Waals surface area contributed by atoms with Crippen molar-refractivity contribution in [2.24, 2.45) is 4.99 Å². The lowest BCUT2D eigenvalue weighted by Gasteiger charge is -2.18. The molecular weight excluding hydrogens is 1120 g/mol. The molecule has 0 aliphatic heterocycles. The predicted molar refractivity (Wildman–Crippen MR) is 425 cm³/mol. The van der Waals surface area contributed by atoms with Crippen LogP contribution in [0.15, 0.2) is 363 Å². The highest BCUT2D eigenvalue weighted by Crippen LogP contribution is 2.42. The second-order valence-corrected chi connectivity index (χ2v) is 21.0. The molecule has 93 heavy (non-hydrogen) atoms. The number of para-hydroxylation sites is 1. The molecule has 1 N–H and O–H groups in total. The summed E-state index contributed by atoms with van der Waals surface area (Å²) in [5.41, 5.74) is 17.1. The van der Waals surface area contributed by atoms with E-state index in [1.54, 1.807) is 6.08 Å². The molecule has 1 aliphatic carbocycles. The van der Waals surface area contributed by atoms with Gasteiger partial charge in [0.25, 0.3) is 0 Å². The van der Waals surface area contributed by atoms with Crippen LogP contribution in [0.4, 0.5) is 5.69 Å². The van der Waals surface area contributed by atoms with Gasteiger partial charge in [0.1, 0.15) is 0 Å². The number of hydrogen-bond donors (Lipinski definition) is 1. The minimum atomic E-state index is 0.859. The van der Waals surface area contributed by atoms with E-state index in [-0.39, 0.29) is 0 Å². The van der Waals surface area contributed by atoms with Crippen LogP contribution in [0.1, 0.15) is 92.7 Å². The van der Waals surface area contributed by atoms with Gasteiger partial charge in [-0.05, 0) is 198 Å². The first-order chi connectivity index (χ1) is 45.5. The maximum atomic E-state index is 4.35. The molecule has 6 aromatic carbocycles. The van der Waals surface area contributed by atoms with Gasteiger partial charge >= 0.3 is 0 Å². The maximum absolute atomic E-state index is 4.35. The smallest absolute Gasteiger partial charge is 0.0700 e. The Morgan fingerprint density at radius 1 is 0.559 bits per heavy atom. The average Bonchev–Trinajstić information content (AvgIpc) is 0.742. The number of benzene rings is 6. The van der Waals surface area contributed by atoms with Crippen molar-refractivity contribution < 1.29 is 0 Å². The van der Waals surface area contributed by atoms with Gasteiger partial charge in [0.2, 0.25) is 0 Å².